The van der Waals surface area contributed by atoms with Crippen molar-refractivity contribution in [1.29, 1.82) is 0 Å². The van der Waals surface area contributed by atoms with Crippen LogP contribution >= 0.6 is 23.2 Å². The first kappa shape index (κ1) is 15.4. The molecule has 1 amide bonds. The minimum absolute atomic E-state index is 0.202. The number of hydrogen-bond acceptors (Lipinski definition) is 3. The van der Waals surface area contributed by atoms with Gasteiger partial charge in [-0.15, -0.1) is 0 Å². The highest BCUT2D eigenvalue weighted by molar-refractivity contribution is 6.32. The number of amides is 1. The Morgan fingerprint density at radius 2 is 2.00 bits per heavy atom. The van der Waals surface area contributed by atoms with Crippen LogP contribution in [0.3, 0.4) is 0 Å². The van der Waals surface area contributed by atoms with Crippen molar-refractivity contribution in [3.05, 3.63) is 58.1 Å². The summed E-state index contributed by atoms with van der Waals surface area (Å²) in [6.45, 7) is -0.202. The second-order valence-electron chi connectivity index (χ2n) is 4.15. The Balaban J connectivity index is 1.93. The molecule has 0 bridgehead atoms. The zero-order chi connectivity index (χ0) is 15.2. The summed E-state index contributed by atoms with van der Waals surface area (Å²) in [5, 5.41) is 3.45. The lowest BCUT2D eigenvalue weighted by Gasteiger charge is -2.09. The van der Waals surface area contributed by atoms with Crippen molar-refractivity contribution in [2.75, 3.05) is 11.9 Å². The molecular formula is C15H11Cl2NO3. The van der Waals surface area contributed by atoms with Gasteiger partial charge >= 0.3 is 0 Å². The lowest BCUT2D eigenvalue weighted by Crippen LogP contribution is -2.20. The van der Waals surface area contributed by atoms with Gasteiger partial charge in [0, 0.05) is 16.3 Å². The van der Waals surface area contributed by atoms with Gasteiger partial charge in [-0.05, 0) is 36.4 Å². The largest absolute Gasteiger partial charge is 0.482 e. The van der Waals surface area contributed by atoms with Crippen molar-refractivity contribution < 1.29 is 14.3 Å². The molecule has 2 aromatic rings. The maximum Gasteiger partial charge on any atom is 0.262 e. The second-order valence-corrected chi connectivity index (χ2v) is 5.00. The van der Waals surface area contributed by atoms with Gasteiger partial charge in [-0.1, -0.05) is 29.3 Å². The molecule has 0 saturated carbocycles. The van der Waals surface area contributed by atoms with Crippen molar-refractivity contribution in [3.8, 4) is 5.75 Å². The highest BCUT2D eigenvalue weighted by Crippen LogP contribution is 2.25. The van der Waals surface area contributed by atoms with Gasteiger partial charge in [0.15, 0.2) is 6.61 Å². The molecule has 0 aliphatic heterocycles. The Hall–Kier alpha value is -2.04. The van der Waals surface area contributed by atoms with Crippen molar-refractivity contribution >= 4 is 41.1 Å². The molecular weight excluding hydrogens is 313 g/mol. The van der Waals surface area contributed by atoms with E-state index in [1.54, 1.807) is 36.4 Å². The predicted molar refractivity (Wildman–Crippen MR) is 82.4 cm³/mol. The quantitative estimate of drug-likeness (QED) is 0.851. The van der Waals surface area contributed by atoms with Crippen molar-refractivity contribution in [2.24, 2.45) is 0 Å². The van der Waals surface area contributed by atoms with Gasteiger partial charge < -0.3 is 10.1 Å². The molecule has 4 nitrogen and oxygen atoms in total. The lowest BCUT2D eigenvalue weighted by molar-refractivity contribution is -0.118. The van der Waals surface area contributed by atoms with Crippen molar-refractivity contribution in [1.82, 2.24) is 0 Å². The molecule has 21 heavy (non-hydrogen) atoms. The van der Waals surface area contributed by atoms with E-state index in [0.717, 1.165) is 0 Å². The molecule has 0 aromatic heterocycles. The maximum atomic E-state index is 11.8. The highest BCUT2D eigenvalue weighted by atomic mass is 35.5. The summed E-state index contributed by atoms with van der Waals surface area (Å²) in [6.07, 6.45) is 0.682. The molecule has 0 radical (unpaired) electrons. The van der Waals surface area contributed by atoms with Crippen LogP contribution in [-0.2, 0) is 4.79 Å². The SMILES string of the molecule is O=Cc1ccc(OCC(=O)Nc2cccc(Cl)c2)c(Cl)c1. The van der Waals surface area contributed by atoms with E-state index in [0.29, 0.717) is 28.3 Å². The van der Waals surface area contributed by atoms with Crippen LogP contribution in [0.4, 0.5) is 5.69 Å². The molecule has 1 N–H and O–H groups in total. The third-order valence-electron chi connectivity index (χ3n) is 2.56. The number of benzene rings is 2. The van der Waals surface area contributed by atoms with E-state index in [1.807, 2.05) is 0 Å². The average molecular weight is 324 g/mol. The van der Waals surface area contributed by atoms with Crippen LogP contribution in [0.5, 0.6) is 5.75 Å². The summed E-state index contributed by atoms with van der Waals surface area (Å²) < 4.78 is 5.31. The molecule has 0 spiro atoms. The molecule has 2 rings (SSSR count). The van der Waals surface area contributed by atoms with E-state index in [4.69, 9.17) is 27.9 Å². The molecule has 0 unspecified atom stereocenters. The van der Waals surface area contributed by atoms with Gasteiger partial charge in [-0.25, -0.2) is 0 Å². The summed E-state index contributed by atoms with van der Waals surface area (Å²) in [7, 11) is 0. The molecule has 108 valence electrons. The Morgan fingerprint density at radius 1 is 1.19 bits per heavy atom. The summed E-state index contributed by atoms with van der Waals surface area (Å²) in [4.78, 5) is 22.3. The minimum Gasteiger partial charge on any atom is -0.482 e. The standard InChI is InChI=1S/C15H11Cl2NO3/c16-11-2-1-3-12(7-11)18-15(20)9-21-14-5-4-10(8-19)6-13(14)17/h1-8H,9H2,(H,18,20). The third-order valence-corrected chi connectivity index (χ3v) is 3.09. The number of ether oxygens (including phenoxy) is 1. The normalized spacial score (nSPS) is 10.0. The van der Waals surface area contributed by atoms with Crippen LogP contribution in [0.15, 0.2) is 42.5 Å². The second kappa shape index (κ2) is 7.11. The fraction of sp³-hybridized carbons (Fsp3) is 0.0667. The van der Waals surface area contributed by atoms with E-state index in [2.05, 4.69) is 5.32 Å². The fourth-order valence-electron chi connectivity index (χ4n) is 1.61. The number of nitrogens with one attached hydrogen (secondary N) is 1. The van der Waals surface area contributed by atoms with Gasteiger partial charge in [0.1, 0.15) is 12.0 Å². The molecule has 2 aromatic carbocycles. The van der Waals surface area contributed by atoms with Gasteiger partial charge in [0.05, 0.1) is 5.02 Å². The number of carbonyl (C=O) groups excluding carboxylic acids is 2. The first-order valence-corrected chi connectivity index (χ1v) is 6.77. The Labute approximate surface area is 131 Å². The van der Waals surface area contributed by atoms with E-state index < -0.39 is 0 Å². The molecule has 6 heteroatoms. The van der Waals surface area contributed by atoms with E-state index >= 15 is 0 Å². The summed E-state index contributed by atoms with van der Waals surface area (Å²) in [6, 6.07) is 11.4. The zero-order valence-electron chi connectivity index (χ0n) is 10.8. The van der Waals surface area contributed by atoms with Gasteiger partial charge in [-0.3, -0.25) is 9.59 Å². The number of carbonyl (C=O) groups is 2. The van der Waals surface area contributed by atoms with Crippen LogP contribution in [-0.4, -0.2) is 18.8 Å². The van der Waals surface area contributed by atoms with Crippen LogP contribution in [0, 0.1) is 0 Å². The summed E-state index contributed by atoms with van der Waals surface area (Å²) >= 11 is 11.8. The monoisotopic (exact) mass is 323 g/mol. The number of hydrogen-bond donors (Lipinski definition) is 1. The van der Waals surface area contributed by atoms with Crippen molar-refractivity contribution in [3.63, 3.8) is 0 Å². The topological polar surface area (TPSA) is 55.4 Å². The van der Waals surface area contributed by atoms with Gasteiger partial charge in [0.25, 0.3) is 5.91 Å². The zero-order valence-corrected chi connectivity index (χ0v) is 12.3. The molecule has 0 heterocycles. The van der Waals surface area contributed by atoms with Crippen LogP contribution < -0.4 is 10.1 Å². The highest BCUT2D eigenvalue weighted by Gasteiger charge is 2.07. The van der Waals surface area contributed by atoms with Gasteiger partial charge in [-0.2, -0.15) is 0 Å². The summed E-state index contributed by atoms with van der Waals surface area (Å²) in [5.74, 6) is -0.00342. The molecule has 0 aliphatic rings. The Kier molecular flexibility index (Phi) is 5.20. The molecule has 0 aliphatic carbocycles. The van der Waals surface area contributed by atoms with Crippen molar-refractivity contribution in [2.45, 2.75) is 0 Å². The smallest absolute Gasteiger partial charge is 0.262 e. The van der Waals surface area contributed by atoms with E-state index in [9.17, 15) is 9.59 Å². The molecule has 0 atom stereocenters. The van der Waals surface area contributed by atoms with Crippen LogP contribution in [0.25, 0.3) is 0 Å². The van der Waals surface area contributed by atoms with E-state index in [-0.39, 0.29) is 17.5 Å². The lowest BCUT2D eigenvalue weighted by atomic mass is 10.2. The number of aldehydes is 1. The first-order chi connectivity index (χ1) is 10.1. The number of halogens is 2. The average Bonchev–Trinajstić information content (AvgIpc) is 2.46. The van der Waals surface area contributed by atoms with E-state index in [1.165, 1.54) is 6.07 Å². The summed E-state index contributed by atoms with van der Waals surface area (Å²) in [5.41, 5.74) is 1.02. The molecule has 0 fully saturated rings. The fourth-order valence-corrected chi connectivity index (χ4v) is 2.05. The number of anilines is 1. The van der Waals surface area contributed by atoms with Gasteiger partial charge in [0.2, 0.25) is 0 Å². The minimum atomic E-state index is -0.340. The molecule has 0 saturated heterocycles. The Bertz CT molecular complexity index is 674. The predicted octanol–water partition coefficient (Wildman–Crippen LogP) is 3.82. The van der Waals surface area contributed by atoms with Crippen LogP contribution in [0.2, 0.25) is 10.0 Å². The first-order valence-electron chi connectivity index (χ1n) is 6.01. The van der Waals surface area contributed by atoms with Crippen LogP contribution in [0.1, 0.15) is 10.4 Å². The third kappa shape index (κ3) is 4.48. The maximum absolute atomic E-state index is 11.8. The Morgan fingerprint density at radius 3 is 2.67 bits per heavy atom. The number of rotatable bonds is 5.